The first-order valence-corrected chi connectivity index (χ1v) is 4.92. The van der Waals surface area contributed by atoms with Crippen molar-refractivity contribution >= 4 is 12.0 Å². The molecule has 0 radical (unpaired) electrons. The highest BCUT2D eigenvalue weighted by Gasteiger charge is 2.21. The van der Waals surface area contributed by atoms with Crippen molar-refractivity contribution in [1.82, 2.24) is 9.80 Å². The van der Waals surface area contributed by atoms with Crippen LogP contribution in [-0.4, -0.2) is 53.6 Å². The number of urea groups is 1. The van der Waals surface area contributed by atoms with E-state index in [1.54, 1.807) is 22.9 Å². The van der Waals surface area contributed by atoms with Gasteiger partial charge in [0.1, 0.15) is 0 Å². The van der Waals surface area contributed by atoms with E-state index in [9.17, 15) is 9.59 Å². The van der Waals surface area contributed by atoms with Crippen molar-refractivity contribution in [3.8, 4) is 0 Å². The summed E-state index contributed by atoms with van der Waals surface area (Å²) < 4.78 is 0. The normalized spacial score (nSPS) is 18.3. The number of hydrogen-bond donors (Lipinski definition) is 1. The Balaban J connectivity index is 2.55. The predicted molar refractivity (Wildman–Crippen MR) is 55.6 cm³/mol. The molecule has 1 rings (SSSR count). The Morgan fingerprint density at radius 2 is 2.20 bits per heavy atom. The van der Waals surface area contributed by atoms with Crippen LogP contribution < -0.4 is 0 Å². The minimum Gasteiger partial charge on any atom is -0.478 e. The zero-order valence-electron chi connectivity index (χ0n) is 9.06. The van der Waals surface area contributed by atoms with Gasteiger partial charge in [-0.25, -0.2) is 9.59 Å². The summed E-state index contributed by atoms with van der Waals surface area (Å²) in [6, 6.07) is -0.0318. The standard InChI is InChI=1S/C10H16N2O3/c1-8(9(13)14)4-7-12-6-3-5-11(2)10(12)15/h4H,3,5-7H2,1-2H3,(H,13,14)/b8-4-. The second-order valence-electron chi connectivity index (χ2n) is 3.70. The maximum absolute atomic E-state index is 11.6. The van der Waals surface area contributed by atoms with Crippen LogP contribution in [0.25, 0.3) is 0 Å². The third kappa shape index (κ3) is 2.97. The number of nitrogens with zero attached hydrogens (tertiary/aromatic N) is 2. The molecular formula is C10H16N2O3. The van der Waals surface area contributed by atoms with Crippen molar-refractivity contribution < 1.29 is 14.7 Å². The van der Waals surface area contributed by atoms with Crippen LogP contribution in [0.15, 0.2) is 11.6 Å². The summed E-state index contributed by atoms with van der Waals surface area (Å²) in [7, 11) is 1.75. The summed E-state index contributed by atoms with van der Waals surface area (Å²) in [6.45, 7) is 3.38. The van der Waals surface area contributed by atoms with Crippen LogP contribution in [0.5, 0.6) is 0 Å². The largest absolute Gasteiger partial charge is 0.478 e. The van der Waals surface area contributed by atoms with E-state index in [4.69, 9.17) is 5.11 Å². The van der Waals surface area contributed by atoms with Crippen LogP contribution in [0.2, 0.25) is 0 Å². The maximum atomic E-state index is 11.6. The molecule has 1 saturated heterocycles. The van der Waals surface area contributed by atoms with Crippen LogP contribution in [0.3, 0.4) is 0 Å². The summed E-state index contributed by atoms with van der Waals surface area (Å²) in [5, 5.41) is 8.65. The van der Waals surface area contributed by atoms with Crippen molar-refractivity contribution in [2.24, 2.45) is 0 Å². The molecule has 5 heteroatoms. The van der Waals surface area contributed by atoms with Gasteiger partial charge in [-0.3, -0.25) is 0 Å². The molecule has 0 aromatic heterocycles. The van der Waals surface area contributed by atoms with E-state index < -0.39 is 5.97 Å². The summed E-state index contributed by atoms with van der Waals surface area (Å²) in [4.78, 5) is 25.4. The average molecular weight is 212 g/mol. The third-order valence-electron chi connectivity index (χ3n) is 2.47. The second kappa shape index (κ2) is 4.82. The highest BCUT2D eigenvalue weighted by atomic mass is 16.4. The molecule has 0 aromatic carbocycles. The lowest BCUT2D eigenvalue weighted by atomic mass is 10.2. The third-order valence-corrected chi connectivity index (χ3v) is 2.47. The van der Waals surface area contributed by atoms with E-state index in [1.165, 1.54) is 6.92 Å². The Labute approximate surface area is 89.0 Å². The number of carboxylic acids is 1. The molecule has 1 heterocycles. The molecular weight excluding hydrogens is 196 g/mol. The lowest BCUT2D eigenvalue weighted by molar-refractivity contribution is -0.132. The molecule has 0 bridgehead atoms. The van der Waals surface area contributed by atoms with E-state index >= 15 is 0 Å². The van der Waals surface area contributed by atoms with E-state index in [-0.39, 0.29) is 11.6 Å². The van der Waals surface area contributed by atoms with Gasteiger partial charge in [-0.15, -0.1) is 0 Å². The van der Waals surface area contributed by atoms with Gasteiger partial charge in [0, 0.05) is 32.3 Å². The number of carbonyl (C=O) groups excluding carboxylic acids is 1. The summed E-state index contributed by atoms with van der Waals surface area (Å²) in [5.41, 5.74) is 0.274. The van der Waals surface area contributed by atoms with Crippen molar-refractivity contribution in [2.75, 3.05) is 26.7 Å². The summed E-state index contributed by atoms with van der Waals surface area (Å²) >= 11 is 0. The topological polar surface area (TPSA) is 60.9 Å². The van der Waals surface area contributed by atoms with E-state index in [0.29, 0.717) is 13.1 Å². The van der Waals surface area contributed by atoms with Gasteiger partial charge in [0.2, 0.25) is 0 Å². The Hall–Kier alpha value is -1.52. The molecule has 1 N–H and O–H groups in total. The first kappa shape index (κ1) is 11.6. The fraction of sp³-hybridized carbons (Fsp3) is 0.600. The van der Waals surface area contributed by atoms with Crippen molar-refractivity contribution in [3.63, 3.8) is 0 Å². The molecule has 1 aliphatic rings. The fourth-order valence-corrected chi connectivity index (χ4v) is 1.44. The van der Waals surface area contributed by atoms with Gasteiger partial charge in [-0.05, 0) is 13.3 Å². The monoisotopic (exact) mass is 212 g/mol. The molecule has 0 unspecified atom stereocenters. The van der Waals surface area contributed by atoms with Gasteiger partial charge >= 0.3 is 12.0 Å². The molecule has 5 nitrogen and oxygen atoms in total. The molecule has 84 valence electrons. The van der Waals surface area contributed by atoms with Crippen LogP contribution in [0.1, 0.15) is 13.3 Å². The summed E-state index contributed by atoms with van der Waals surface area (Å²) in [5.74, 6) is -0.937. The zero-order chi connectivity index (χ0) is 11.4. The molecule has 0 spiro atoms. The highest BCUT2D eigenvalue weighted by Crippen LogP contribution is 2.07. The van der Waals surface area contributed by atoms with Gasteiger partial charge < -0.3 is 14.9 Å². The van der Waals surface area contributed by atoms with Crippen LogP contribution in [0, 0.1) is 0 Å². The van der Waals surface area contributed by atoms with Gasteiger partial charge in [0.05, 0.1) is 0 Å². The number of rotatable bonds is 3. The molecule has 0 saturated carbocycles. The minimum absolute atomic E-state index is 0.0318. The Morgan fingerprint density at radius 3 is 2.80 bits per heavy atom. The van der Waals surface area contributed by atoms with E-state index in [1.807, 2.05) is 0 Å². The number of amides is 2. The van der Waals surface area contributed by atoms with E-state index in [0.717, 1.165) is 13.0 Å². The zero-order valence-corrected chi connectivity index (χ0v) is 9.06. The lowest BCUT2D eigenvalue weighted by Gasteiger charge is -2.32. The SMILES string of the molecule is C/C(=C/CN1CCCN(C)C1=O)C(=O)O. The van der Waals surface area contributed by atoms with Gasteiger partial charge in [0.25, 0.3) is 0 Å². The number of aliphatic carboxylic acids is 1. The molecule has 2 amide bonds. The molecule has 1 fully saturated rings. The van der Waals surface area contributed by atoms with Gasteiger partial charge in [-0.1, -0.05) is 6.08 Å². The average Bonchev–Trinajstić information content (AvgIpc) is 2.19. The van der Waals surface area contributed by atoms with E-state index in [2.05, 4.69) is 0 Å². The number of hydrogen-bond acceptors (Lipinski definition) is 2. The smallest absolute Gasteiger partial charge is 0.331 e. The Kier molecular flexibility index (Phi) is 3.71. The quantitative estimate of drug-likeness (QED) is 0.703. The van der Waals surface area contributed by atoms with Crippen LogP contribution in [0.4, 0.5) is 4.79 Å². The number of carbonyl (C=O) groups is 2. The van der Waals surface area contributed by atoms with Crippen molar-refractivity contribution in [1.29, 1.82) is 0 Å². The second-order valence-corrected chi connectivity index (χ2v) is 3.70. The van der Waals surface area contributed by atoms with Crippen LogP contribution >= 0.6 is 0 Å². The maximum Gasteiger partial charge on any atom is 0.331 e. The number of carboxylic acid groups (broad SMARTS) is 1. The molecule has 0 aromatic rings. The Morgan fingerprint density at radius 1 is 1.53 bits per heavy atom. The minimum atomic E-state index is -0.937. The predicted octanol–water partition coefficient (Wildman–Crippen LogP) is 0.775. The summed E-state index contributed by atoms with van der Waals surface area (Å²) in [6.07, 6.45) is 2.50. The van der Waals surface area contributed by atoms with Crippen molar-refractivity contribution in [3.05, 3.63) is 11.6 Å². The van der Waals surface area contributed by atoms with Gasteiger partial charge in [0.15, 0.2) is 0 Å². The molecule has 1 aliphatic heterocycles. The molecule has 0 atom stereocenters. The fourth-order valence-electron chi connectivity index (χ4n) is 1.44. The highest BCUT2D eigenvalue weighted by molar-refractivity contribution is 5.86. The Bertz CT molecular complexity index is 299. The lowest BCUT2D eigenvalue weighted by Crippen LogP contribution is -2.47. The van der Waals surface area contributed by atoms with Gasteiger partial charge in [-0.2, -0.15) is 0 Å². The molecule has 0 aliphatic carbocycles. The molecule has 15 heavy (non-hydrogen) atoms. The first-order valence-electron chi connectivity index (χ1n) is 4.92. The first-order chi connectivity index (χ1) is 7.02. The van der Waals surface area contributed by atoms with Crippen LogP contribution in [-0.2, 0) is 4.79 Å². The van der Waals surface area contributed by atoms with Crippen molar-refractivity contribution in [2.45, 2.75) is 13.3 Å².